The molecule has 0 aromatic carbocycles. The van der Waals surface area contributed by atoms with E-state index >= 15 is 0 Å². The van der Waals surface area contributed by atoms with Crippen LogP contribution in [-0.2, 0) is 4.79 Å². The van der Waals surface area contributed by atoms with E-state index in [1.54, 1.807) is 0 Å². The molecule has 0 spiro atoms. The molecule has 0 fully saturated rings. The maximum absolute atomic E-state index is 9.57. The molecule has 0 aliphatic carbocycles. The first-order chi connectivity index (χ1) is 6.06. The summed E-state index contributed by atoms with van der Waals surface area (Å²) < 4.78 is 0. The fourth-order valence-corrected chi connectivity index (χ4v) is 0.283. The van der Waals surface area contributed by atoms with Crippen molar-refractivity contribution in [3.8, 4) is 0 Å². The lowest BCUT2D eigenvalue weighted by Crippen LogP contribution is -2.21. The highest BCUT2D eigenvalue weighted by molar-refractivity contribution is 6.29. The number of rotatable bonds is 5. The lowest BCUT2D eigenvalue weighted by molar-refractivity contribution is -0.136. The average molecular weight is 214 g/mol. The van der Waals surface area contributed by atoms with Crippen LogP contribution >= 0.6 is 11.6 Å². The summed E-state index contributed by atoms with van der Waals surface area (Å²) in [5, 5.41) is 26.2. The molecule has 0 heterocycles. The smallest absolute Gasteiger partial charge is 0.321 e. The number of nitrogens with one attached hydrogen (secondary N) is 1. The van der Waals surface area contributed by atoms with Crippen molar-refractivity contribution in [2.75, 3.05) is 26.3 Å². The van der Waals surface area contributed by atoms with Crippen LogP contribution in [0.1, 0.15) is 6.92 Å². The van der Waals surface area contributed by atoms with Gasteiger partial charge in [-0.1, -0.05) is 0 Å². The van der Waals surface area contributed by atoms with E-state index in [4.69, 9.17) is 26.9 Å². The average Bonchev–Trinajstić information content (AvgIpc) is 2.06. The van der Waals surface area contributed by atoms with Crippen molar-refractivity contribution in [2.24, 2.45) is 0 Å². The number of carbonyl (C=O) groups is 1. The molecular weight excluding hydrogens is 198 g/mol. The zero-order chi connectivity index (χ0) is 10.7. The second kappa shape index (κ2) is 11.6. The fraction of sp³-hybridized carbons (Fsp3) is 0.857. The van der Waals surface area contributed by atoms with Gasteiger partial charge < -0.3 is 20.6 Å². The van der Waals surface area contributed by atoms with Crippen LogP contribution in [0.5, 0.6) is 0 Å². The van der Waals surface area contributed by atoms with E-state index < -0.39 is 11.3 Å². The van der Waals surface area contributed by atoms with Gasteiger partial charge in [0.05, 0.1) is 13.2 Å². The number of aliphatic hydroxyl groups is 2. The maximum atomic E-state index is 9.57. The molecule has 5 nitrogen and oxygen atoms in total. The van der Waals surface area contributed by atoms with Crippen LogP contribution in [0, 0.1) is 0 Å². The highest BCUT2D eigenvalue weighted by atomic mass is 35.5. The first-order valence-electron chi connectivity index (χ1n) is 3.85. The fourth-order valence-electron chi connectivity index (χ4n) is 0.283. The van der Waals surface area contributed by atoms with E-state index in [0.717, 1.165) is 0 Å². The molecule has 0 saturated carbocycles. The van der Waals surface area contributed by atoms with Crippen molar-refractivity contribution < 1.29 is 20.1 Å². The molecule has 1 atom stereocenters. The summed E-state index contributed by atoms with van der Waals surface area (Å²) >= 11 is 5.01. The van der Waals surface area contributed by atoms with Gasteiger partial charge in [-0.3, -0.25) is 4.79 Å². The van der Waals surface area contributed by atoms with E-state index in [-0.39, 0.29) is 13.2 Å². The number of hydrogen-bond acceptors (Lipinski definition) is 4. The molecule has 1 unspecified atom stereocenters. The summed E-state index contributed by atoms with van der Waals surface area (Å²) in [6.07, 6.45) is 0. The van der Waals surface area contributed by atoms with Gasteiger partial charge in [0.15, 0.2) is 0 Å². The number of carboxylic acid groups (broad SMARTS) is 1. The minimum absolute atomic E-state index is 0.139. The summed E-state index contributed by atoms with van der Waals surface area (Å²) in [5.41, 5.74) is 0. The van der Waals surface area contributed by atoms with Gasteiger partial charge in [0, 0.05) is 13.1 Å². The minimum Gasteiger partial charge on any atom is -0.480 e. The zero-order valence-corrected chi connectivity index (χ0v) is 8.29. The summed E-state index contributed by atoms with van der Waals surface area (Å²) in [6.45, 7) is 2.82. The van der Waals surface area contributed by atoms with Crippen molar-refractivity contribution in [3.05, 3.63) is 0 Å². The molecule has 0 aromatic rings. The number of carboxylic acids is 1. The number of alkyl halides is 1. The number of halogens is 1. The summed E-state index contributed by atoms with van der Waals surface area (Å²) in [6, 6.07) is 0. The topological polar surface area (TPSA) is 89.8 Å². The molecule has 0 saturated heterocycles. The van der Waals surface area contributed by atoms with E-state index in [9.17, 15) is 4.79 Å². The minimum atomic E-state index is -0.975. The standard InChI is InChI=1S/C4H11NO2.C3H5ClO2/c6-3-1-5-2-4-7;1-2(4)3(5)6/h5-7H,1-4H2;2H,1H3,(H,5,6). The van der Waals surface area contributed by atoms with Crippen LogP contribution in [0.25, 0.3) is 0 Å². The Morgan fingerprint density at radius 1 is 1.38 bits per heavy atom. The second-order valence-electron chi connectivity index (χ2n) is 2.15. The SMILES string of the molecule is CC(Cl)C(=O)O.OCCNCCO. The van der Waals surface area contributed by atoms with Gasteiger partial charge in [0.2, 0.25) is 0 Å². The molecule has 0 aliphatic rings. The lowest BCUT2D eigenvalue weighted by Gasteiger charge is -1.94. The van der Waals surface area contributed by atoms with Crippen LogP contribution in [0.15, 0.2) is 0 Å². The Kier molecular flexibility index (Phi) is 13.5. The van der Waals surface area contributed by atoms with Gasteiger partial charge in [-0.2, -0.15) is 0 Å². The van der Waals surface area contributed by atoms with E-state index in [1.165, 1.54) is 6.92 Å². The third-order valence-electron chi connectivity index (χ3n) is 0.917. The van der Waals surface area contributed by atoms with Gasteiger partial charge in [-0.15, -0.1) is 11.6 Å². The lowest BCUT2D eigenvalue weighted by atomic mass is 10.5. The third-order valence-corrected chi connectivity index (χ3v) is 1.10. The summed E-state index contributed by atoms with van der Waals surface area (Å²) in [7, 11) is 0. The number of aliphatic hydroxyl groups excluding tert-OH is 2. The molecular formula is C7H16ClNO4. The number of hydrogen-bond donors (Lipinski definition) is 4. The first-order valence-corrected chi connectivity index (χ1v) is 4.29. The Morgan fingerprint density at radius 3 is 1.85 bits per heavy atom. The Labute approximate surface area is 82.3 Å². The van der Waals surface area contributed by atoms with E-state index in [2.05, 4.69) is 5.32 Å². The molecule has 0 aromatic heterocycles. The summed E-state index contributed by atoms with van der Waals surface area (Å²) in [4.78, 5) is 9.57. The first kappa shape index (κ1) is 15.1. The van der Waals surface area contributed by atoms with E-state index in [0.29, 0.717) is 13.1 Å². The van der Waals surface area contributed by atoms with Crippen LogP contribution in [0.3, 0.4) is 0 Å². The molecule has 0 aliphatic heterocycles. The monoisotopic (exact) mass is 213 g/mol. The third kappa shape index (κ3) is 18.5. The van der Waals surface area contributed by atoms with Crippen molar-refractivity contribution in [1.29, 1.82) is 0 Å². The number of aliphatic carboxylic acids is 1. The predicted octanol–water partition coefficient (Wildman–Crippen LogP) is -0.741. The molecule has 80 valence electrons. The Balaban J connectivity index is 0. The second-order valence-corrected chi connectivity index (χ2v) is 2.81. The molecule has 0 rings (SSSR count). The van der Waals surface area contributed by atoms with Gasteiger partial charge >= 0.3 is 5.97 Å². The van der Waals surface area contributed by atoms with Crippen LogP contribution in [0.2, 0.25) is 0 Å². The van der Waals surface area contributed by atoms with Crippen molar-refractivity contribution in [2.45, 2.75) is 12.3 Å². The van der Waals surface area contributed by atoms with Gasteiger partial charge in [0.1, 0.15) is 5.38 Å². The molecule has 13 heavy (non-hydrogen) atoms. The van der Waals surface area contributed by atoms with E-state index in [1.807, 2.05) is 0 Å². The molecule has 4 N–H and O–H groups in total. The largest absolute Gasteiger partial charge is 0.480 e. The Morgan fingerprint density at radius 2 is 1.69 bits per heavy atom. The molecule has 0 bridgehead atoms. The molecule has 0 amide bonds. The Hall–Kier alpha value is -0.360. The maximum Gasteiger partial charge on any atom is 0.321 e. The summed E-state index contributed by atoms with van der Waals surface area (Å²) in [5.74, 6) is -0.975. The highest BCUT2D eigenvalue weighted by Gasteiger charge is 2.02. The Bertz CT molecular complexity index is 117. The van der Waals surface area contributed by atoms with Crippen LogP contribution in [0.4, 0.5) is 0 Å². The zero-order valence-electron chi connectivity index (χ0n) is 7.53. The predicted molar refractivity (Wildman–Crippen MR) is 50.0 cm³/mol. The molecule has 6 heteroatoms. The van der Waals surface area contributed by atoms with Crippen LogP contribution in [-0.4, -0.2) is 53.0 Å². The quantitative estimate of drug-likeness (QED) is 0.357. The highest BCUT2D eigenvalue weighted by Crippen LogP contribution is 1.89. The van der Waals surface area contributed by atoms with Gasteiger partial charge in [0.25, 0.3) is 0 Å². The van der Waals surface area contributed by atoms with Crippen molar-refractivity contribution >= 4 is 17.6 Å². The van der Waals surface area contributed by atoms with Crippen LogP contribution < -0.4 is 5.32 Å². The van der Waals surface area contributed by atoms with Crippen molar-refractivity contribution in [3.63, 3.8) is 0 Å². The van der Waals surface area contributed by atoms with Gasteiger partial charge in [-0.25, -0.2) is 0 Å². The normalized spacial score (nSPS) is 11.4. The van der Waals surface area contributed by atoms with Crippen molar-refractivity contribution in [1.82, 2.24) is 5.32 Å². The molecule has 0 radical (unpaired) electrons. The van der Waals surface area contributed by atoms with Gasteiger partial charge in [-0.05, 0) is 6.92 Å².